The molecule has 30 heavy (non-hydrogen) atoms. The van der Waals surface area contributed by atoms with Crippen molar-refractivity contribution in [3.05, 3.63) is 107 Å². The molecule has 0 fully saturated rings. The van der Waals surface area contributed by atoms with E-state index in [2.05, 4.69) is 23.5 Å². The second-order valence-electron chi connectivity index (χ2n) is 7.30. The summed E-state index contributed by atoms with van der Waals surface area (Å²) < 4.78 is 0. The third kappa shape index (κ3) is 5.05. The number of hydrogen-bond acceptors (Lipinski definition) is 2. The minimum atomic E-state index is -0.163. The average Bonchev–Trinajstić information content (AvgIpc) is 2.75. The second kappa shape index (κ2) is 9.55. The number of carbonyl (C=O) groups is 1. The average molecular weight is 415 g/mol. The first-order valence-electron chi connectivity index (χ1n) is 10.2. The molecule has 0 atom stereocenters. The van der Waals surface area contributed by atoms with Crippen LogP contribution in [-0.2, 0) is 0 Å². The number of carbonyl (C=O) groups excluding carboxylic acids is 1. The van der Waals surface area contributed by atoms with E-state index in [-0.39, 0.29) is 5.91 Å². The molecule has 0 saturated carbocycles. The molecule has 3 aromatic carbocycles. The third-order valence-corrected chi connectivity index (χ3v) is 5.34. The van der Waals surface area contributed by atoms with E-state index in [1.54, 1.807) is 24.3 Å². The van der Waals surface area contributed by atoms with Crippen LogP contribution >= 0.6 is 11.6 Å². The molecule has 150 valence electrons. The maximum Gasteiger partial charge on any atom is 0.255 e. The predicted octanol–water partition coefficient (Wildman–Crippen LogP) is 7.00. The molecule has 0 saturated heterocycles. The van der Waals surface area contributed by atoms with Crippen LogP contribution in [0.1, 0.15) is 47.2 Å². The number of nitrogens with zero attached hydrogens (tertiary/aromatic N) is 1. The van der Waals surface area contributed by atoms with Crippen LogP contribution in [0.4, 0.5) is 5.69 Å². The lowest BCUT2D eigenvalue weighted by molar-refractivity contribution is 0.102. The molecule has 4 heteroatoms. The van der Waals surface area contributed by atoms with Crippen molar-refractivity contribution in [2.75, 3.05) is 5.32 Å². The lowest BCUT2D eigenvalue weighted by atomic mass is 10.0. The number of halogens is 1. The first-order chi connectivity index (χ1) is 14.7. The molecule has 0 radical (unpaired) electrons. The van der Waals surface area contributed by atoms with Gasteiger partial charge in [0.05, 0.1) is 5.70 Å². The number of anilines is 1. The summed E-state index contributed by atoms with van der Waals surface area (Å²) in [5, 5.41) is 3.58. The van der Waals surface area contributed by atoms with E-state index in [9.17, 15) is 4.79 Å². The lowest BCUT2D eigenvalue weighted by Gasteiger charge is -2.13. The van der Waals surface area contributed by atoms with Crippen molar-refractivity contribution in [2.45, 2.75) is 25.7 Å². The molecule has 1 heterocycles. The molecule has 3 aromatic rings. The molecule has 1 amide bonds. The minimum absolute atomic E-state index is 0.163. The summed E-state index contributed by atoms with van der Waals surface area (Å²) in [4.78, 5) is 17.6. The number of rotatable bonds is 4. The molecular formula is C26H23ClN2O. The number of allylic oxidation sites excluding steroid dienone is 1. The fourth-order valence-electron chi connectivity index (χ4n) is 3.51. The van der Waals surface area contributed by atoms with Crippen molar-refractivity contribution in [3.63, 3.8) is 0 Å². The van der Waals surface area contributed by atoms with E-state index in [0.717, 1.165) is 53.9 Å². The normalized spacial score (nSPS) is 15.9. The van der Waals surface area contributed by atoms with Gasteiger partial charge in [0, 0.05) is 27.5 Å². The Hall–Kier alpha value is -3.17. The van der Waals surface area contributed by atoms with Crippen molar-refractivity contribution < 1.29 is 4.79 Å². The largest absolute Gasteiger partial charge is 0.322 e. The van der Waals surface area contributed by atoms with Crippen LogP contribution < -0.4 is 5.32 Å². The van der Waals surface area contributed by atoms with Gasteiger partial charge in [-0.1, -0.05) is 60.1 Å². The Bertz CT molecular complexity index is 1090. The minimum Gasteiger partial charge on any atom is -0.322 e. The van der Waals surface area contributed by atoms with E-state index < -0.39 is 0 Å². The fourth-order valence-corrected chi connectivity index (χ4v) is 3.63. The topological polar surface area (TPSA) is 41.5 Å². The molecule has 4 rings (SSSR count). The number of aliphatic imine (C=N–C) groups is 1. The Kier molecular flexibility index (Phi) is 6.41. The fraction of sp³-hybridized carbons (Fsp3) is 0.154. The summed E-state index contributed by atoms with van der Waals surface area (Å²) in [7, 11) is 0. The number of nitrogens with one attached hydrogen (secondary N) is 1. The maximum atomic E-state index is 12.6. The van der Waals surface area contributed by atoms with Crippen molar-refractivity contribution in [3.8, 4) is 0 Å². The van der Waals surface area contributed by atoms with Crippen LogP contribution in [0.15, 0.2) is 89.9 Å². The number of benzene rings is 3. The molecule has 3 nitrogen and oxygen atoms in total. The van der Waals surface area contributed by atoms with Gasteiger partial charge in [-0.2, -0.15) is 0 Å². The van der Waals surface area contributed by atoms with E-state index in [4.69, 9.17) is 16.6 Å². The van der Waals surface area contributed by atoms with Crippen molar-refractivity contribution in [1.82, 2.24) is 0 Å². The van der Waals surface area contributed by atoms with E-state index >= 15 is 0 Å². The summed E-state index contributed by atoms with van der Waals surface area (Å²) in [5.41, 5.74) is 5.54. The molecule has 1 N–H and O–H groups in total. The lowest BCUT2D eigenvalue weighted by Crippen LogP contribution is -2.11. The molecule has 0 unspecified atom stereocenters. The highest BCUT2D eigenvalue weighted by molar-refractivity contribution is 6.30. The maximum absolute atomic E-state index is 12.6. The Balaban J connectivity index is 1.60. The first kappa shape index (κ1) is 20.1. The Morgan fingerprint density at radius 1 is 0.867 bits per heavy atom. The van der Waals surface area contributed by atoms with Gasteiger partial charge in [0.1, 0.15) is 0 Å². The van der Waals surface area contributed by atoms with Gasteiger partial charge >= 0.3 is 0 Å². The number of amides is 1. The molecule has 1 aliphatic heterocycles. The molecule has 1 aliphatic rings. The van der Waals surface area contributed by atoms with Gasteiger partial charge in [0.15, 0.2) is 0 Å². The van der Waals surface area contributed by atoms with Crippen LogP contribution in [-0.4, -0.2) is 11.6 Å². The molecule has 0 spiro atoms. The van der Waals surface area contributed by atoms with Gasteiger partial charge in [0.2, 0.25) is 0 Å². The Morgan fingerprint density at radius 3 is 2.43 bits per heavy atom. The molecule has 0 aromatic heterocycles. The van der Waals surface area contributed by atoms with Gasteiger partial charge in [-0.15, -0.1) is 0 Å². The van der Waals surface area contributed by atoms with Crippen molar-refractivity contribution >= 4 is 34.6 Å². The van der Waals surface area contributed by atoms with Crippen LogP contribution in [0, 0.1) is 0 Å². The van der Waals surface area contributed by atoms with E-state index in [1.807, 2.05) is 42.5 Å². The smallest absolute Gasteiger partial charge is 0.255 e. The van der Waals surface area contributed by atoms with Crippen LogP contribution in [0.25, 0.3) is 5.70 Å². The summed E-state index contributed by atoms with van der Waals surface area (Å²) in [5.74, 6) is -0.163. The van der Waals surface area contributed by atoms with Gasteiger partial charge in [0.25, 0.3) is 5.91 Å². The summed E-state index contributed by atoms with van der Waals surface area (Å²) in [6.07, 6.45) is 6.44. The monoisotopic (exact) mass is 414 g/mol. The SMILES string of the molecule is O=C(Nc1cccc(/C2=C/CCCCC(c3ccccc3)=N2)c1)c1ccc(Cl)cc1. The van der Waals surface area contributed by atoms with Gasteiger partial charge in [-0.25, -0.2) is 0 Å². The van der Waals surface area contributed by atoms with Gasteiger partial charge in [-0.05, 0) is 67.6 Å². The van der Waals surface area contributed by atoms with Crippen molar-refractivity contribution in [2.24, 2.45) is 4.99 Å². The third-order valence-electron chi connectivity index (χ3n) is 5.09. The van der Waals surface area contributed by atoms with Gasteiger partial charge in [-0.3, -0.25) is 9.79 Å². The summed E-state index contributed by atoms with van der Waals surface area (Å²) >= 11 is 5.91. The Morgan fingerprint density at radius 2 is 1.63 bits per heavy atom. The zero-order valence-corrected chi connectivity index (χ0v) is 17.4. The van der Waals surface area contributed by atoms with E-state index in [1.165, 1.54) is 0 Å². The Labute approximate surface area is 182 Å². The van der Waals surface area contributed by atoms with Crippen molar-refractivity contribution in [1.29, 1.82) is 0 Å². The summed E-state index contributed by atoms with van der Waals surface area (Å²) in [6.45, 7) is 0. The van der Waals surface area contributed by atoms with Crippen LogP contribution in [0.2, 0.25) is 5.02 Å². The highest BCUT2D eigenvalue weighted by Crippen LogP contribution is 2.25. The zero-order chi connectivity index (χ0) is 20.8. The quantitative estimate of drug-likeness (QED) is 0.490. The van der Waals surface area contributed by atoms with Gasteiger partial charge < -0.3 is 5.32 Å². The number of hydrogen-bond donors (Lipinski definition) is 1. The predicted molar refractivity (Wildman–Crippen MR) is 125 cm³/mol. The molecule has 0 bridgehead atoms. The highest BCUT2D eigenvalue weighted by atomic mass is 35.5. The van der Waals surface area contributed by atoms with Crippen LogP contribution in [0.5, 0.6) is 0 Å². The molecular weight excluding hydrogens is 392 g/mol. The van der Waals surface area contributed by atoms with E-state index in [0.29, 0.717) is 10.6 Å². The first-order valence-corrected chi connectivity index (χ1v) is 10.6. The summed E-state index contributed by atoms with van der Waals surface area (Å²) in [6, 6.07) is 25.1. The highest BCUT2D eigenvalue weighted by Gasteiger charge is 2.11. The second-order valence-corrected chi connectivity index (χ2v) is 7.74. The standard InChI is InChI=1S/C26H23ClN2O/c27-22-16-14-20(15-17-22)26(30)28-23-11-7-10-21(18-23)25-13-6-2-5-12-24(29-25)19-8-3-1-4-9-19/h1,3-4,7-11,13-18H,2,5-6,12H2,(H,28,30)/b25-13-,29-24?. The molecule has 0 aliphatic carbocycles. The van der Waals surface area contributed by atoms with Crippen LogP contribution in [0.3, 0.4) is 0 Å². The zero-order valence-electron chi connectivity index (χ0n) is 16.6.